The molecule has 1 aliphatic rings. The first-order valence-electron chi connectivity index (χ1n) is 19.8. The zero-order valence-electron chi connectivity index (χ0n) is 33.8. The van der Waals surface area contributed by atoms with Gasteiger partial charge in [-0.1, -0.05) is 122 Å². The summed E-state index contributed by atoms with van der Waals surface area (Å²) in [5, 5.41) is 2.46. The van der Waals surface area contributed by atoms with Crippen molar-refractivity contribution in [3.05, 3.63) is 150 Å². The number of anilines is 4. The number of ether oxygens (including phenoxy) is 1. The molecular weight excluding hydrogens is 868 g/mol. The van der Waals surface area contributed by atoms with Gasteiger partial charge in [-0.25, -0.2) is 4.98 Å². The maximum Gasteiger partial charge on any atom is 0.135 e. The van der Waals surface area contributed by atoms with E-state index in [0.29, 0.717) is 11.5 Å². The third-order valence-corrected chi connectivity index (χ3v) is 10.7. The van der Waals surface area contributed by atoms with E-state index in [-0.39, 0.29) is 31.9 Å². The number of benzene rings is 5. The summed E-state index contributed by atoms with van der Waals surface area (Å²) in [6.07, 6.45) is 6.01. The van der Waals surface area contributed by atoms with Gasteiger partial charge in [-0.05, 0) is 81.8 Å². The molecule has 0 N–H and O–H groups in total. The Hall–Kier alpha value is -4.86. The number of hydrogen-bond acceptors (Lipinski definition) is 4. The van der Waals surface area contributed by atoms with Crippen LogP contribution in [0.3, 0.4) is 0 Å². The summed E-state index contributed by atoms with van der Waals surface area (Å²) < 4.78 is 9.03. The smallest absolute Gasteiger partial charge is 0.135 e. The predicted octanol–water partition coefficient (Wildman–Crippen LogP) is 13.5. The van der Waals surface area contributed by atoms with Gasteiger partial charge in [0.25, 0.3) is 0 Å². The number of para-hydroxylation sites is 2. The molecule has 0 unspecified atom stereocenters. The first kappa shape index (κ1) is 39.4. The number of aromatic nitrogens is 2. The molecule has 290 valence electrons. The van der Waals surface area contributed by atoms with Crippen molar-refractivity contribution in [1.29, 1.82) is 0 Å². The second-order valence-corrected chi connectivity index (χ2v) is 16.9. The zero-order chi connectivity index (χ0) is 38.5. The second kappa shape index (κ2) is 15.6. The van der Waals surface area contributed by atoms with Crippen LogP contribution in [0, 0.1) is 18.8 Å². The minimum Gasteiger partial charge on any atom is -0.509 e. The topological polar surface area (TPSA) is 33.5 Å². The van der Waals surface area contributed by atoms with Crippen molar-refractivity contribution in [1.82, 2.24) is 9.55 Å². The van der Waals surface area contributed by atoms with E-state index in [2.05, 4.69) is 180 Å². The molecule has 3 heterocycles. The summed E-state index contributed by atoms with van der Waals surface area (Å²) >= 11 is 0. The predicted molar refractivity (Wildman–Crippen MR) is 230 cm³/mol. The van der Waals surface area contributed by atoms with Crippen LogP contribution in [0.15, 0.2) is 109 Å². The van der Waals surface area contributed by atoms with Crippen molar-refractivity contribution in [3.63, 3.8) is 0 Å². The Morgan fingerprint density at radius 2 is 1.39 bits per heavy atom. The van der Waals surface area contributed by atoms with Crippen LogP contribution < -0.4 is 14.5 Å². The Labute approximate surface area is 347 Å². The van der Waals surface area contributed by atoms with Crippen LogP contribution >= 0.6 is 0 Å². The molecule has 0 saturated carbocycles. The van der Waals surface area contributed by atoms with Crippen molar-refractivity contribution >= 4 is 44.6 Å². The van der Waals surface area contributed by atoms with Crippen LogP contribution in [0.1, 0.15) is 90.5 Å². The first-order chi connectivity index (χ1) is 26.4. The van der Waals surface area contributed by atoms with Crippen molar-refractivity contribution in [2.75, 3.05) is 9.80 Å². The molecule has 0 saturated heterocycles. The molecule has 0 bridgehead atoms. The van der Waals surface area contributed by atoms with Gasteiger partial charge in [0, 0.05) is 61.3 Å². The first-order valence-corrected chi connectivity index (χ1v) is 19.8. The van der Waals surface area contributed by atoms with Gasteiger partial charge < -0.3 is 19.1 Å². The van der Waals surface area contributed by atoms with E-state index in [0.717, 1.165) is 65.3 Å². The van der Waals surface area contributed by atoms with Gasteiger partial charge in [-0.15, -0.1) is 48.3 Å². The molecule has 56 heavy (non-hydrogen) atoms. The number of aryl methyl sites for hydroxylation is 2. The standard InChI is InChI=1S/C50H51N4O.Pt/c1-9-15-34-23-24-43-42(27-34)48-35(16-10-2)28-41(32-46(48)54(43)47-30-37(25-26-51-47)50(6,7)8)55-40-20-14-19-39(31-40)53-33-52(44-21-11-12-22-45(44)53)38-18-13-17-36(29-38)49(3,4)5;/h11-14,17-30,33H,9-10,15-16H2,1-8H3;/q-3;. The maximum absolute atomic E-state index is 6.75. The van der Waals surface area contributed by atoms with E-state index in [4.69, 9.17) is 9.72 Å². The maximum atomic E-state index is 6.75. The number of fused-ring (bicyclic) bond motifs is 4. The van der Waals surface area contributed by atoms with Gasteiger partial charge in [-0.2, -0.15) is 6.07 Å². The SMILES string of the molecule is CCCc1ccc2c(c1)c1c(CCC)cc(Oc3[c-]c(N4[CH-]N(c5cccc(C(C)(C)C)c5)c5ccccc54)ccc3)[c-]c1n2-c1cc(C(C)(C)C)ccn1.[Pt]. The fourth-order valence-corrected chi connectivity index (χ4v) is 7.76. The number of nitrogens with zero attached hydrogens (tertiary/aromatic N) is 4. The van der Waals surface area contributed by atoms with Crippen LogP contribution in [0.4, 0.5) is 22.7 Å². The van der Waals surface area contributed by atoms with Gasteiger partial charge >= 0.3 is 0 Å². The molecule has 2 aromatic heterocycles. The molecule has 8 rings (SSSR count). The molecule has 0 fully saturated rings. The molecule has 6 heteroatoms. The quantitative estimate of drug-likeness (QED) is 0.135. The minimum absolute atomic E-state index is 0. The van der Waals surface area contributed by atoms with E-state index in [9.17, 15) is 0 Å². The second-order valence-electron chi connectivity index (χ2n) is 16.9. The molecule has 5 nitrogen and oxygen atoms in total. The van der Waals surface area contributed by atoms with Gasteiger partial charge in [0.15, 0.2) is 0 Å². The average Bonchev–Trinajstić information content (AvgIpc) is 3.71. The number of pyridine rings is 1. The van der Waals surface area contributed by atoms with Crippen LogP contribution in [-0.2, 0) is 44.7 Å². The summed E-state index contributed by atoms with van der Waals surface area (Å²) in [6, 6.07) is 44.2. The van der Waals surface area contributed by atoms with Crippen molar-refractivity contribution in [3.8, 4) is 17.3 Å². The van der Waals surface area contributed by atoms with Crippen molar-refractivity contribution in [2.45, 2.75) is 91.9 Å². The van der Waals surface area contributed by atoms with E-state index in [1.54, 1.807) is 0 Å². The Kier molecular flexibility index (Phi) is 11.0. The number of rotatable bonds is 9. The van der Waals surface area contributed by atoms with Crippen LogP contribution in [0.2, 0.25) is 0 Å². The molecule has 0 spiro atoms. The summed E-state index contributed by atoms with van der Waals surface area (Å²) in [7, 11) is 0. The average molecular weight is 919 g/mol. The molecule has 0 radical (unpaired) electrons. The summed E-state index contributed by atoms with van der Waals surface area (Å²) in [6.45, 7) is 20.1. The van der Waals surface area contributed by atoms with E-state index < -0.39 is 0 Å². The van der Waals surface area contributed by atoms with E-state index >= 15 is 0 Å². The Balaban J connectivity index is 0.00000480. The molecule has 7 aromatic rings. The Bertz CT molecular complexity index is 2520. The van der Waals surface area contributed by atoms with Crippen molar-refractivity contribution < 1.29 is 25.8 Å². The Morgan fingerprint density at radius 3 is 2.12 bits per heavy atom. The molecule has 5 aromatic carbocycles. The summed E-state index contributed by atoms with van der Waals surface area (Å²) in [5.41, 5.74) is 11.5. The third-order valence-electron chi connectivity index (χ3n) is 10.7. The van der Waals surface area contributed by atoms with Crippen LogP contribution in [0.25, 0.3) is 27.6 Å². The third kappa shape index (κ3) is 7.51. The monoisotopic (exact) mass is 918 g/mol. The van der Waals surface area contributed by atoms with Crippen LogP contribution in [-0.4, -0.2) is 9.55 Å². The molecule has 0 aliphatic carbocycles. The summed E-state index contributed by atoms with van der Waals surface area (Å²) in [4.78, 5) is 9.40. The fraction of sp³-hybridized carbons (Fsp3) is 0.280. The fourth-order valence-electron chi connectivity index (χ4n) is 7.76. The minimum atomic E-state index is -0.0161. The van der Waals surface area contributed by atoms with E-state index in [1.165, 1.54) is 33.0 Å². The van der Waals surface area contributed by atoms with Gasteiger partial charge in [0.2, 0.25) is 0 Å². The van der Waals surface area contributed by atoms with Gasteiger partial charge in [0.05, 0.1) is 0 Å². The van der Waals surface area contributed by atoms with Gasteiger partial charge in [0.1, 0.15) is 5.82 Å². The largest absolute Gasteiger partial charge is 0.509 e. The molecular formula is C50H51N4OPt-3. The zero-order valence-corrected chi connectivity index (χ0v) is 36.1. The number of hydrogen-bond donors (Lipinski definition) is 0. The normalized spacial score (nSPS) is 13.0. The van der Waals surface area contributed by atoms with Crippen molar-refractivity contribution in [2.24, 2.45) is 0 Å². The van der Waals surface area contributed by atoms with Gasteiger partial charge in [-0.3, -0.25) is 0 Å². The van der Waals surface area contributed by atoms with Crippen LogP contribution in [0.5, 0.6) is 11.5 Å². The molecule has 0 amide bonds. The summed E-state index contributed by atoms with van der Waals surface area (Å²) in [5.74, 6) is 2.19. The molecule has 0 atom stereocenters. The molecule has 1 aliphatic heterocycles. The Morgan fingerprint density at radius 1 is 0.679 bits per heavy atom. The van der Waals surface area contributed by atoms with E-state index in [1.807, 2.05) is 18.3 Å².